The van der Waals surface area contributed by atoms with Crippen molar-refractivity contribution < 1.29 is 22.7 Å². The van der Waals surface area contributed by atoms with Gasteiger partial charge < -0.3 is 15.4 Å². The lowest BCUT2D eigenvalue weighted by molar-refractivity contribution is -0.119. The van der Waals surface area contributed by atoms with Crippen LogP contribution in [0.5, 0.6) is 0 Å². The molecule has 2 amide bonds. The number of benzene rings is 2. The van der Waals surface area contributed by atoms with E-state index in [1.165, 1.54) is 35.7 Å². The summed E-state index contributed by atoms with van der Waals surface area (Å²) in [6.07, 6.45) is 4.99. The molecule has 0 unspecified atom stereocenters. The number of methoxy groups -OCH3 is 1. The van der Waals surface area contributed by atoms with E-state index >= 15 is 0 Å². The summed E-state index contributed by atoms with van der Waals surface area (Å²) >= 11 is 0. The molecular weight excluding hydrogens is 430 g/mol. The Bertz CT molecular complexity index is 1050. The fourth-order valence-corrected chi connectivity index (χ4v) is 5.21. The second-order valence-corrected chi connectivity index (χ2v) is 9.85. The summed E-state index contributed by atoms with van der Waals surface area (Å²) in [5.74, 6) is -0.680. The van der Waals surface area contributed by atoms with Crippen LogP contribution in [0.1, 0.15) is 42.5 Å². The molecule has 1 aliphatic carbocycles. The highest BCUT2D eigenvalue weighted by Crippen LogP contribution is 2.26. The number of sulfonamides is 1. The lowest BCUT2D eigenvalue weighted by Crippen LogP contribution is -2.38. The predicted octanol–water partition coefficient (Wildman–Crippen LogP) is 3.48. The molecule has 0 saturated heterocycles. The number of rotatable bonds is 8. The van der Waals surface area contributed by atoms with Gasteiger partial charge in [0.1, 0.15) is 6.61 Å². The summed E-state index contributed by atoms with van der Waals surface area (Å²) in [4.78, 5) is 24.4. The molecule has 1 aliphatic rings. The standard InChI is InChI=1S/C23H29N3O5S/c1-26(20-9-4-3-5-10-20)32(29,30)21-13-11-17(12-14-21)23(28)25-19-8-6-7-18(15-19)24-22(27)16-31-2/h6-8,11-15,20H,3-5,9-10,16H2,1-2H3,(H,24,27)(H,25,28). The number of hydrogen-bond donors (Lipinski definition) is 2. The molecule has 9 heteroatoms. The molecule has 32 heavy (non-hydrogen) atoms. The number of hydrogen-bond acceptors (Lipinski definition) is 5. The molecule has 8 nitrogen and oxygen atoms in total. The van der Waals surface area contributed by atoms with Gasteiger partial charge in [0.2, 0.25) is 15.9 Å². The van der Waals surface area contributed by atoms with Crippen LogP contribution in [0, 0.1) is 0 Å². The summed E-state index contributed by atoms with van der Waals surface area (Å²) in [5.41, 5.74) is 1.36. The van der Waals surface area contributed by atoms with Crippen molar-refractivity contribution in [3.63, 3.8) is 0 Å². The zero-order valence-electron chi connectivity index (χ0n) is 18.3. The van der Waals surface area contributed by atoms with Crippen molar-refractivity contribution >= 4 is 33.2 Å². The highest BCUT2D eigenvalue weighted by molar-refractivity contribution is 7.89. The molecule has 2 aromatic carbocycles. The van der Waals surface area contributed by atoms with Gasteiger partial charge in [-0.2, -0.15) is 4.31 Å². The summed E-state index contributed by atoms with van der Waals surface area (Å²) in [6, 6.07) is 12.7. The first-order valence-electron chi connectivity index (χ1n) is 10.6. The quantitative estimate of drug-likeness (QED) is 0.629. The van der Waals surface area contributed by atoms with Crippen molar-refractivity contribution in [2.75, 3.05) is 31.4 Å². The molecule has 2 aromatic rings. The maximum atomic E-state index is 13.0. The van der Waals surface area contributed by atoms with E-state index in [0.29, 0.717) is 16.9 Å². The van der Waals surface area contributed by atoms with Gasteiger partial charge in [0.05, 0.1) is 4.90 Å². The van der Waals surface area contributed by atoms with Crippen LogP contribution in [-0.2, 0) is 19.6 Å². The molecule has 0 heterocycles. The second kappa shape index (κ2) is 10.7. The zero-order valence-corrected chi connectivity index (χ0v) is 19.2. The van der Waals surface area contributed by atoms with Gasteiger partial charge in [-0.15, -0.1) is 0 Å². The Morgan fingerprint density at radius 2 is 1.62 bits per heavy atom. The van der Waals surface area contributed by atoms with E-state index in [0.717, 1.165) is 32.1 Å². The molecule has 0 aliphatic heterocycles. The zero-order chi connectivity index (χ0) is 23.1. The number of carbonyl (C=O) groups is 2. The number of nitrogens with zero attached hydrogens (tertiary/aromatic N) is 1. The Morgan fingerprint density at radius 1 is 1.00 bits per heavy atom. The van der Waals surface area contributed by atoms with Crippen LogP contribution in [0.4, 0.5) is 11.4 Å². The molecule has 172 valence electrons. The van der Waals surface area contributed by atoms with E-state index in [9.17, 15) is 18.0 Å². The first-order valence-corrected chi connectivity index (χ1v) is 12.0. The van der Waals surface area contributed by atoms with E-state index in [-0.39, 0.29) is 29.4 Å². The number of anilines is 2. The van der Waals surface area contributed by atoms with Crippen molar-refractivity contribution in [3.8, 4) is 0 Å². The van der Waals surface area contributed by atoms with Gasteiger partial charge >= 0.3 is 0 Å². The van der Waals surface area contributed by atoms with Gasteiger partial charge in [-0.05, 0) is 55.3 Å². The van der Waals surface area contributed by atoms with E-state index < -0.39 is 10.0 Å². The van der Waals surface area contributed by atoms with E-state index in [1.54, 1.807) is 31.3 Å². The molecule has 0 bridgehead atoms. The lowest BCUT2D eigenvalue weighted by atomic mass is 9.96. The predicted molar refractivity (Wildman–Crippen MR) is 123 cm³/mol. The maximum Gasteiger partial charge on any atom is 0.255 e. The molecule has 1 saturated carbocycles. The third-order valence-corrected chi connectivity index (χ3v) is 7.49. The minimum Gasteiger partial charge on any atom is -0.375 e. The Kier molecular flexibility index (Phi) is 8.00. The Morgan fingerprint density at radius 3 is 2.25 bits per heavy atom. The highest BCUT2D eigenvalue weighted by Gasteiger charge is 2.29. The average molecular weight is 460 g/mol. The third kappa shape index (κ3) is 5.93. The lowest BCUT2D eigenvalue weighted by Gasteiger charge is -2.30. The van der Waals surface area contributed by atoms with E-state index in [4.69, 9.17) is 4.74 Å². The summed E-state index contributed by atoms with van der Waals surface area (Å²) in [5, 5.41) is 5.43. The van der Waals surface area contributed by atoms with Crippen molar-refractivity contribution in [3.05, 3.63) is 54.1 Å². The van der Waals surface area contributed by atoms with Gasteiger partial charge in [-0.25, -0.2) is 8.42 Å². The van der Waals surface area contributed by atoms with Crippen LogP contribution in [0.2, 0.25) is 0 Å². The third-order valence-electron chi connectivity index (χ3n) is 5.56. The fourth-order valence-electron chi connectivity index (χ4n) is 3.79. The molecule has 1 fully saturated rings. The molecule has 0 radical (unpaired) electrons. The van der Waals surface area contributed by atoms with Gasteiger partial charge in [-0.3, -0.25) is 9.59 Å². The minimum atomic E-state index is -3.61. The second-order valence-electron chi connectivity index (χ2n) is 7.85. The Labute approximate surface area is 189 Å². The minimum absolute atomic E-state index is 0.0216. The largest absolute Gasteiger partial charge is 0.375 e. The monoisotopic (exact) mass is 459 g/mol. The number of amides is 2. The Hall–Kier alpha value is -2.75. The van der Waals surface area contributed by atoms with Gasteiger partial charge in [0.25, 0.3) is 5.91 Å². The summed E-state index contributed by atoms with van der Waals surface area (Å²) in [6.45, 7) is -0.0677. The molecule has 0 aromatic heterocycles. The molecule has 2 N–H and O–H groups in total. The van der Waals surface area contributed by atoms with Gasteiger partial charge in [0, 0.05) is 37.1 Å². The Balaban J connectivity index is 1.67. The van der Waals surface area contributed by atoms with Gasteiger partial charge in [-0.1, -0.05) is 25.3 Å². The van der Waals surface area contributed by atoms with Crippen LogP contribution in [0.25, 0.3) is 0 Å². The van der Waals surface area contributed by atoms with Crippen LogP contribution in [0.3, 0.4) is 0 Å². The SMILES string of the molecule is COCC(=O)Nc1cccc(NC(=O)c2ccc(S(=O)(=O)N(C)C3CCCCC3)cc2)c1. The van der Waals surface area contributed by atoms with Crippen molar-refractivity contribution in [2.45, 2.75) is 43.0 Å². The summed E-state index contributed by atoms with van der Waals surface area (Å²) in [7, 11) is -0.550. The van der Waals surface area contributed by atoms with Gasteiger partial charge in [0.15, 0.2) is 0 Å². The molecule has 0 spiro atoms. The average Bonchev–Trinajstić information content (AvgIpc) is 2.79. The van der Waals surface area contributed by atoms with Crippen molar-refractivity contribution in [1.82, 2.24) is 4.31 Å². The first-order chi connectivity index (χ1) is 15.3. The van der Waals surface area contributed by atoms with Crippen LogP contribution < -0.4 is 10.6 Å². The highest BCUT2D eigenvalue weighted by atomic mass is 32.2. The molecule has 3 rings (SSSR count). The maximum absolute atomic E-state index is 13.0. The number of carbonyl (C=O) groups excluding carboxylic acids is 2. The van der Waals surface area contributed by atoms with Crippen LogP contribution in [0.15, 0.2) is 53.4 Å². The van der Waals surface area contributed by atoms with Crippen LogP contribution in [-0.4, -0.2) is 51.3 Å². The normalized spacial score (nSPS) is 14.8. The van der Waals surface area contributed by atoms with E-state index in [2.05, 4.69) is 10.6 Å². The van der Waals surface area contributed by atoms with Crippen molar-refractivity contribution in [2.24, 2.45) is 0 Å². The van der Waals surface area contributed by atoms with Crippen LogP contribution >= 0.6 is 0 Å². The summed E-state index contributed by atoms with van der Waals surface area (Å²) < 4.78 is 32.2. The fraction of sp³-hybridized carbons (Fsp3) is 0.391. The number of nitrogens with one attached hydrogen (secondary N) is 2. The molecule has 0 atom stereocenters. The number of ether oxygens (including phenoxy) is 1. The van der Waals surface area contributed by atoms with Crippen molar-refractivity contribution in [1.29, 1.82) is 0 Å². The molecular formula is C23H29N3O5S. The smallest absolute Gasteiger partial charge is 0.255 e. The first kappa shape index (κ1) is 23.9. The van der Waals surface area contributed by atoms with E-state index in [1.807, 2.05) is 0 Å². The topological polar surface area (TPSA) is 105 Å².